The Balaban J connectivity index is 1.74. The first-order valence-electron chi connectivity index (χ1n) is 7.37. The molecule has 1 atom stereocenters. The summed E-state index contributed by atoms with van der Waals surface area (Å²) < 4.78 is 23.0. The lowest BCUT2D eigenvalue weighted by Gasteiger charge is -2.13. The Hall–Kier alpha value is -1.79. The van der Waals surface area contributed by atoms with Gasteiger partial charge in [-0.3, -0.25) is 4.79 Å². The zero-order chi connectivity index (χ0) is 16.3. The lowest BCUT2D eigenvalue weighted by Crippen LogP contribution is -2.23. The van der Waals surface area contributed by atoms with Crippen molar-refractivity contribution in [1.82, 2.24) is 0 Å². The van der Waals surface area contributed by atoms with Crippen molar-refractivity contribution in [2.45, 2.75) is 16.2 Å². The van der Waals surface area contributed by atoms with E-state index in [9.17, 15) is 13.2 Å². The van der Waals surface area contributed by atoms with Gasteiger partial charge >= 0.3 is 0 Å². The van der Waals surface area contributed by atoms with Crippen LogP contribution in [0.15, 0.2) is 64.4 Å². The topological polar surface area (TPSA) is 63.2 Å². The lowest BCUT2D eigenvalue weighted by atomic mass is 10.1. The molecule has 0 aromatic heterocycles. The van der Waals surface area contributed by atoms with Crippen LogP contribution >= 0.6 is 11.8 Å². The molecule has 1 heterocycles. The number of nitrogens with one attached hydrogen (secondary N) is 1. The second-order valence-corrected chi connectivity index (χ2v) is 8.84. The van der Waals surface area contributed by atoms with Gasteiger partial charge in [-0.05, 0) is 30.7 Å². The number of hydrogen-bond donors (Lipinski definition) is 1. The molecular formula is C17H17NO3S2. The molecule has 23 heavy (non-hydrogen) atoms. The van der Waals surface area contributed by atoms with E-state index >= 15 is 0 Å². The highest BCUT2D eigenvalue weighted by Crippen LogP contribution is 2.33. The van der Waals surface area contributed by atoms with Crippen LogP contribution in [-0.2, 0) is 14.6 Å². The Kier molecular flexibility index (Phi) is 4.73. The summed E-state index contributed by atoms with van der Waals surface area (Å²) in [4.78, 5) is 14.3. The first-order valence-corrected chi connectivity index (χ1v) is 10.0. The van der Waals surface area contributed by atoms with E-state index in [4.69, 9.17) is 0 Å². The van der Waals surface area contributed by atoms with E-state index in [1.165, 1.54) is 0 Å². The summed E-state index contributed by atoms with van der Waals surface area (Å²) in [6.07, 6.45) is 0.405. The molecule has 1 fully saturated rings. The molecule has 120 valence electrons. The minimum Gasteiger partial charge on any atom is -0.325 e. The van der Waals surface area contributed by atoms with Crippen LogP contribution in [0.2, 0.25) is 0 Å². The molecule has 1 saturated heterocycles. The number of rotatable bonds is 4. The second-order valence-electron chi connectivity index (χ2n) is 5.50. The molecule has 1 aliphatic heterocycles. The number of amides is 1. The maximum absolute atomic E-state index is 12.3. The van der Waals surface area contributed by atoms with Gasteiger partial charge in [-0.25, -0.2) is 8.42 Å². The van der Waals surface area contributed by atoms with Gasteiger partial charge in [0.05, 0.1) is 23.1 Å². The Morgan fingerprint density at radius 3 is 2.43 bits per heavy atom. The third kappa shape index (κ3) is 4.14. The summed E-state index contributed by atoms with van der Waals surface area (Å²) in [5, 5.41) is 2.89. The molecule has 3 rings (SSSR count). The Morgan fingerprint density at radius 1 is 1.04 bits per heavy atom. The highest BCUT2D eigenvalue weighted by atomic mass is 32.2. The molecule has 1 amide bonds. The molecule has 0 bridgehead atoms. The van der Waals surface area contributed by atoms with E-state index in [2.05, 4.69) is 5.32 Å². The molecule has 0 aliphatic carbocycles. The van der Waals surface area contributed by atoms with Gasteiger partial charge < -0.3 is 5.32 Å². The van der Waals surface area contributed by atoms with Gasteiger partial charge in [0.2, 0.25) is 5.91 Å². The fraction of sp³-hybridized carbons (Fsp3) is 0.235. The largest absolute Gasteiger partial charge is 0.325 e. The SMILES string of the molecule is O=C(Nc1ccccc1Sc1ccccc1)C1CCS(=O)(=O)C1. The van der Waals surface area contributed by atoms with Gasteiger partial charge in [0.25, 0.3) is 0 Å². The molecule has 6 heteroatoms. The normalized spacial score (nSPS) is 19.4. The van der Waals surface area contributed by atoms with E-state index in [0.29, 0.717) is 6.42 Å². The summed E-state index contributed by atoms with van der Waals surface area (Å²) in [6.45, 7) is 0. The number of benzene rings is 2. The maximum atomic E-state index is 12.3. The van der Waals surface area contributed by atoms with E-state index in [-0.39, 0.29) is 17.4 Å². The van der Waals surface area contributed by atoms with E-state index in [1.54, 1.807) is 11.8 Å². The minimum atomic E-state index is -3.06. The van der Waals surface area contributed by atoms with Crippen LogP contribution in [0, 0.1) is 5.92 Å². The van der Waals surface area contributed by atoms with Gasteiger partial charge in [-0.2, -0.15) is 0 Å². The molecule has 0 radical (unpaired) electrons. The Bertz CT molecular complexity index is 804. The van der Waals surface area contributed by atoms with Crippen molar-refractivity contribution >= 4 is 33.2 Å². The number of sulfone groups is 1. The summed E-state index contributed by atoms with van der Waals surface area (Å²) in [7, 11) is -3.06. The van der Waals surface area contributed by atoms with Crippen LogP contribution in [-0.4, -0.2) is 25.8 Å². The number of hydrogen-bond acceptors (Lipinski definition) is 4. The van der Waals surface area contributed by atoms with E-state index in [0.717, 1.165) is 15.5 Å². The van der Waals surface area contributed by atoms with E-state index < -0.39 is 15.8 Å². The summed E-state index contributed by atoms with van der Waals surface area (Å²) in [5.41, 5.74) is 0.718. The standard InChI is InChI=1S/C17H17NO3S2/c19-17(13-10-11-23(20,21)12-13)18-15-8-4-5-9-16(15)22-14-6-2-1-3-7-14/h1-9,13H,10-12H2,(H,18,19). The van der Waals surface area contributed by atoms with Crippen LogP contribution in [0.25, 0.3) is 0 Å². The number of carbonyl (C=O) groups excluding carboxylic acids is 1. The summed E-state index contributed by atoms with van der Waals surface area (Å²) in [5.74, 6) is -0.611. The summed E-state index contributed by atoms with van der Waals surface area (Å²) >= 11 is 1.57. The van der Waals surface area contributed by atoms with Gasteiger partial charge in [0, 0.05) is 9.79 Å². The smallest absolute Gasteiger partial charge is 0.228 e. The zero-order valence-electron chi connectivity index (χ0n) is 12.4. The number of carbonyl (C=O) groups is 1. The van der Waals surface area contributed by atoms with Crippen molar-refractivity contribution in [3.63, 3.8) is 0 Å². The number of para-hydroxylation sites is 1. The highest BCUT2D eigenvalue weighted by Gasteiger charge is 2.33. The molecule has 1 unspecified atom stereocenters. The van der Waals surface area contributed by atoms with E-state index in [1.807, 2.05) is 54.6 Å². The Labute approximate surface area is 140 Å². The fourth-order valence-electron chi connectivity index (χ4n) is 2.51. The van der Waals surface area contributed by atoms with Crippen LogP contribution in [0.4, 0.5) is 5.69 Å². The van der Waals surface area contributed by atoms with Crippen LogP contribution in [0.3, 0.4) is 0 Å². The lowest BCUT2D eigenvalue weighted by molar-refractivity contribution is -0.119. The van der Waals surface area contributed by atoms with Gasteiger partial charge in [0.15, 0.2) is 9.84 Å². The minimum absolute atomic E-state index is 0.0488. The van der Waals surface area contributed by atoms with Gasteiger partial charge in [-0.1, -0.05) is 42.1 Å². The highest BCUT2D eigenvalue weighted by molar-refractivity contribution is 7.99. The molecule has 4 nitrogen and oxygen atoms in total. The number of anilines is 1. The first kappa shape index (κ1) is 16.1. The molecular weight excluding hydrogens is 330 g/mol. The van der Waals surface area contributed by atoms with Crippen molar-refractivity contribution in [2.75, 3.05) is 16.8 Å². The van der Waals surface area contributed by atoms with Crippen molar-refractivity contribution < 1.29 is 13.2 Å². The molecule has 0 saturated carbocycles. The van der Waals surface area contributed by atoms with Crippen molar-refractivity contribution in [1.29, 1.82) is 0 Å². The third-order valence-electron chi connectivity index (χ3n) is 3.72. The third-order valence-corrected chi connectivity index (χ3v) is 6.57. The maximum Gasteiger partial charge on any atom is 0.228 e. The molecule has 2 aromatic carbocycles. The molecule has 2 aromatic rings. The summed E-state index contributed by atoms with van der Waals surface area (Å²) in [6, 6.07) is 17.5. The molecule has 1 aliphatic rings. The van der Waals surface area contributed by atoms with Crippen LogP contribution in [0.5, 0.6) is 0 Å². The molecule has 1 N–H and O–H groups in total. The monoisotopic (exact) mass is 347 g/mol. The average molecular weight is 347 g/mol. The van der Waals surface area contributed by atoms with Crippen LogP contribution in [0.1, 0.15) is 6.42 Å². The van der Waals surface area contributed by atoms with Gasteiger partial charge in [-0.15, -0.1) is 0 Å². The predicted molar refractivity (Wildman–Crippen MR) is 92.4 cm³/mol. The van der Waals surface area contributed by atoms with Crippen molar-refractivity contribution in [2.24, 2.45) is 5.92 Å². The molecule has 0 spiro atoms. The zero-order valence-corrected chi connectivity index (χ0v) is 14.1. The Morgan fingerprint density at radius 2 is 1.74 bits per heavy atom. The fourth-order valence-corrected chi connectivity index (χ4v) is 5.18. The van der Waals surface area contributed by atoms with Crippen molar-refractivity contribution in [3.05, 3.63) is 54.6 Å². The van der Waals surface area contributed by atoms with Crippen molar-refractivity contribution in [3.8, 4) is 0 Å². The predicted octanol–water partition coefficient (Wildman–Crippen LogP) is 3.21. The first-order chi connectivity index (χ1) is 11.0. The second kappa shape index (κ2) is 6.76. The van der Waals surface area contributed by atoms with Gasteiger partial charge in [0.1, 0.15) is 0 Å². The quantitative estimate of drug-likeness (QED) is 0.922. The van der Waals surface area contributed by atoms with Crippen LogP contribution < -0.4 is 5.32 Å². The average Bonchev–Trinajstić information content (AvgIpc) is 2.90.